The van der Waals surface area contributed by atoms with Crippen LogP contribution in [-0.4, -0.2) is 39.3 Å². The van der Waals surface area contributed by atoms with Crippen LogP contribution in [0.2, 0.25) is 0 Å². The van der Waals surface area contributed by atoms with Gasteiger partial charge in [0.25, 0.3) is 0 Å². The van der Waals surface area contributed by atoms with Gasteiger partial charge in [0.05, 0.1) is 6.04 Å². The van der Waals surface area contributed by atoms with Crippen LogP contribution in [0.4, 0.5) is 0 Å². The topological polar surface area (TPSA) is 59.5 Å². The summed E-state index contributed by atoms with van der Waals surface area (Å²) in [4.78, 5) is 6.21. The van der Waals surface area contributed by atoms with Crippen molar-refractivity contribution >= 4 is 10.9 Å². The van der Waals surface area contributed by atoms with E-state index in [0.717, 1.165) is 30.3 Å². The van der Waals surface area contributed by atoms with Crippen LogP contribution in [0, 0.1) is 11.8 Å². The lowest BCUT2D eigenvalue weighted by atomic mass is 9.64. The molecule has 0 saturated carbocycles. The van der Waals surface area contributed by atoms with Crippen LogP contribution in [0.1, 0.15) is 30.6 Å². The first kappa shape index (κ1) is 13.6. The lowest BCUT2D eigenvalue weighted by molar-refractivity contribution is -0.0503. The van der Waals surface area contributed by atoms with Gasteiger partial charge in [-0.25, -0.2) is 0 Å². The summed E-state index contributed by atoms with van der Waals surface area (Å²) < 4.78 is 0. The summed E-state index contributed by atoms with van der Waals surface area (Å²) in [5, 5.41) is 21.0. The molecule has 0 amide bonds. The lowest BCUT2D eigenvalue weighted by Gasteiger charge is -2.58. The van der Waals surface area contributed by atoms with Gasteiger partial charge in [0, 0.05) is 41.7 Å². The van der Waals surface area contributed by atoms with Gasteiger partial charge >= 0.3 is 0 Å². The molecule has 3 unspecified atom stereocenters. The lowest BCUT2D eigenvalue weighted by Crippen LogP contribution is -2.60. The van der Waals surface area contributed by atoms with Crippen LogP contribution in [0.5, 0.6) is 5.75 Å². The van der Waals surface area contributed by atoms with E-state index in [2.05, 4.69) is 22.9 Å². The fraction of sp³-hybridized carbons (Fsp3) is 0.474. The summed E-state index contributed by atoms with van der Waals surface area (Å²) in [5.41, 5.74) is 5.29. The van der Waals surface area contributed by atoms with E-state index in [-0.39, 0.29) is 6.61 Å². The molecule has 3 N–H and O–H groups in total. The molecule has 3 saturated heterocycles. The number of aliphatic hydroxyl groups is 1. The zero-order valence-electron chi connectivity index (χ0n) is 13.3. The highest BCUT2D eigenvalue weighted by atomic mass is 16.3. The standard InChI is InChI=1S/C19H22N2O2/c1-2-10-8-21-17-7-14-13-5-11(23)3-4-16(13)20-19(14)18(21)6-12(10)15(17)9-22/h2-5,12,15,17-18,20,22-23H,6-9H2,1H3/t12?,15?,17-,18+/m0/s1. The van der Waals surface area contributed by atoms with Crippen molar-refractivity contribution < 1.29 is 10.2 Å². The Morgan fingerprint density at radius 2 is 2.26 bits per heavy atom. The second-order valence-corrected chi connectivity index (χ2v) is 7.26. The number of aromatic amines is 1. The molecule has 0 aliphatic carbocycles. The highest BCUT2D eigenvalue weighted by Crippen LogP contribution is 2.54. The Kier molecular flexibility index (Phi) is 2.74. The summed E-state index contributed by atoms with van der Waals surface area (Å²) in [6.07, 6.45) is 4.31. The van der Waals surface area contributed by atoms with Gasteiger partial charge in [-0.15, -0.1) is 0 Å². The summed E-state index contributed by atoms with van der Waals surface area (Å²) in [6.45, 7) is 3.42. The predicted octanol–water partition coefficient (Wildman–Crippen LogP) is 2.73. The monoisotopic (exact) mass is 310 g/mol. The van der Waals surface area contributed by atoms with Gasteiger partial charge in [0.1, 0.15) is 5.75 Å². The molecule has 5 atom stereocenters. The van der Waals surface area contributed by atoms with E-state index in [9.17, 15) is 10.2 Å². The molecule has 1 aromatic carbocycles. The van der Waals surface area contributed by atoms with Gasteiger partial charge < -0.3 is 15.2 Å². The number of allylic oxidation sites excluding steroid dienone is 1. The summed E-state index contributed by atoms with van der Waals surface area (Å²) in [7, 11) is 0. The quantitative estimate of drug-likeness (QED) is 0.710. The Bertz CT molecular complexity index is 822. The third-order valence-corrected chi connectivity index (χ3v) is 6.41. The average molecular weight is 310 g/mol. The van der Waals surface area contributed by atoms with Crippen molar-refractivity contribution in [1.29, 1.82) is 0 Å². The van der Waals surface area contributed by atoms with Crippen LogP contribution in [0.15, 0.2) is 29.8 Å². The number of nitrogens with one attached hydrogen (secondary N) is 1. The summed E-state index contributed by atoms with van der Waals surface area (Å²) in [5.74, 6) is 1.17. The highest BCUT2D eigenvalue weighted by molar-refractivity contribution is 5.86. The molecule has 2 aromatic rings. The number of aromatic hydroxyl groups is 1. The first-order valence-electron chi connectivity index (χ1n) is 8.56. The third-order valence-electron chi connectivity index (χ3n) is 6.41. The zero-order valence-corrected chi connectivity index (χ0v) is 13.3. The molecular formula is C19H22N2O2. The maximum absolute atomic E-state index is 9.99. The zero-order chi connectivity index (χ0) is 15.7. The number of H-pyrrole nitrogens is 1. The maximum atomic E-state index is 9.99. The largest absolute Gasteiger partial charge is 0.508 e. The summed E-state index contributed by atoms with van der Waals surface area (Å²) >= 11 is 0. The molecule has 4 aliphatic heterocycles. The number of phenolic OH excluding ortho intramolecular Hbond substituents is 1. The van der Waals surface area contributed by atoms with Crippen molar-refractivity contribution in [3.63, 3.8) is 0 Å². The minimum Gasteiger partial charge on any atom is -0.508 e. The van der Waals surface area contributed by atoms with Crippen LogP contribution in [0.3, 0.4) is 0 Å². The molecule has 0 radical (unpaired) electrons. The predicted molar refractivity (Wildman–Crippen MR) is 89.3 cm³/mol. The molecule has 0 spiro atoms. The second kappa shape index (κ2) is 4.62. The number of hydrogen-bond acceptors (Lipinski definition) is 3. The second-order valence-electron chi connectivity index (χ2n) is 7.26. The first-order valence-corrected chi connectivity index (χ1v) is 8.56. The fourth-order valence-electron chi connectivity index (χ4n) is 5.35. The molecule has 4 heteroatoms. The van der Waals surface area contributed by atoms with Crippen molar-refractivity contribution in [3.05, 3.63) is 41.1 Å². The molecule has 1 aromatic heterocycles. The van der Waals surface area contributed by atoms with Gasteiger partial charge in [0.2, 0.25) is 0 Å². The normalized spacial score (nSPS) is 36.6. The minimum atomic E-state index is 0.263. The molecule has 6 rings (SSSR count). The molecular weight excluding hydrogens is 288 g/mol. The van der Waals surface area contributed by atoms with Crippen LogP contribution in [-0.2, 0) is 6.42 Å². The van der Waals surface area contributed by atoms with E-state index in [1.165, 1.54) is 16.8 Å². The molecule has 4 aliphatic rings. The van der Waals surface area contributed by atoms with E-state index in [1.807, 2.05) is 12.1 Å². The Balaban J connectivity index is 1.68. The van der Waals surface area contributed by atoms with E-state index >= 15 is 0 Å². The number of hydrogen-bond donors (Lipinski definition) is 3. The number of phenols is 1. The van der Waals surface area contributed by atoms with Gasteiger partial charge in [0.15, 0.2) is 0 Å². The van der Waals surface area contributed by atoms with Gasteiger partial charge in [-0.05, 0) is 49.4 Å². The van der Waals surface area contributed by atoms with Crippen LogP contribution < -0.4 is 0 Å². The van der Waals surface area contributed by atoms with Crippen LogP contribution >= 0.6 is 0 Å². The minimum absolute atomic E-state index is 0.263. The number of aromatic nitrogens is 1. The van der Waals surface area contributed by atoms with E-state index in [1.54, 1.807) is 6.07 Å². The SMILES string of the molecule is CC=C1CN2[C@@H]3CC1C(CO)[C@@H]2Cc1c3[nH]c2ccc(O)cc12. The summed E-state index contributed by atoms with van der Waals surface area (Å²) in [6, 6.07) is 6.44. The number of nitrogens with zero attached hydrogens (tertiary/aromatic N) is 1. The van der Waals surface area contributed by atoms with Crippen LogP contribution in [0.25, 0.3) is 10.9 Å². The maximum Gasteiger partial charge on any atom is 0.116 e. The molecule has 3 fully saturated rings. The van der Waals surface area contributed by atoms with Crippen molar-refractivity contribution in [2.24, 2.45) is 11.8 Å². The van der Waals surface area contributed by atoms with Crippen molar-refractivity contribution in [1.82, 2.24) is 9.88 Å². The Labute approximate surface area is 135 Å². The Hall–Kier alpha value is -1.78. The van der Waals surface area contributed by atoms with Crippen molar-refractivity contribution in [2.75, 3.05) is 13.2 Å². The number of piperidine rings is 3. The smallest absolute Gasteiger partial charge is 0.116 e. The molecule has 23 heavy (non-hydrogen) atoms. The first-order chi connectivity index (χ1) is 11.2. The van der Waals surface area contributed by atoms with Crippen molar-refractivity contribution in [2.45, 2.75) is 31.8 Å². The highest BCUT2D eigenvalue weighted by Gasteiger charge is 2.52. The number of benzene rings is 1. The molecule has 4 bridgehead atoms. The molecule has 120 valence electrons. The fourth-order valence-corrected chi connectivity index (χ4v) is 5.35. The van der Waals surface area contributed by atoms with Gasteiger partial charge in [-0.1, -0.05) is 11.6 Å². The van der Waals surface area contributed by atoms with Crippen molar-refractivity contribution in [3.8, 4) is 5.75 Å². The molecule has 4 nitrogen and oxygen atoms in total. The Morgan fingerprint density at radius 3 is 3.04 bits per heavy atom. The van der Waals surface area contributed by atoms with E-state index in [0.29, 0.717) is 29.7 Å². The van der Waals surface area contributed by atoms with E-state index < -0.39 is 0 Å². The number of aliphatic hydroxyl groups excluding tert-OH is 1. The average Bonchev–Trinajstić information content (AvgIpc) is 2.92. The van der Waals surface area contributed by atoms with E-state index in [4.69, 9.17) is 0 Å². The Morgan fingerprint density at radius 1 is 1.39 bits per heavy atom. The van der Waals surface area contributed by atoms with Gasteiger partial charge in [-0.3, -0.25) is 4.90 Å². The third kappa shape index (κ3) is 1.68. The van der Waals surface area contributed by atoms with Gasteiger partial charge in [-0.2, -0.15) is 0 Å². The number of rotatable bonds is 1. The number of fused-ring (bicyclic) bond motifs is 4. The molecule has 5 heterocycles.